The summed E-state index contributed by atoms with van der Waals surface area (Å²) in [7, 11) is 8.69. The van der Waals surface area contributed by atoms with Crippen molar-refractivity contribution in [3.63, 3.8) is 0 Å². The molecule has 3 aliphatic heterocycles. The Hall–Kier alpha value is -6.52. The van der Waals surface area contributed by atoms with E-state index in [-0.39, 0.29) is 82.0 Å². The minimum atomic E-state index is -1.63. The van der Waals surface area contributed by atoms with Crippen LogP contribution in [0.15, 0.2) is 0 Å². The van der Waals surface area contributed by atoms with Crippen molar-refractivity contribution in [3.8, 4) is 0 Å². The van der Waals surface area contributed by atoms with Crippen molar-refractivity contribution in [1.29, 1.82) is 0 Å². The Morgan fingerprint density at radius 3 is 1.53 bits per heavy atom. The maximum atomic E-state index is 15.5. The highest BCUT2D eigenvalue weighted by Crippen LogP contribution is 2.31. The number of ether oxygens (including phenoxy) is 2. The second-order valence-electron chi connectivity index (χ2n) is 30.7. The van der Waals surface area contributed by atoms with Gasteiger partial charge in [0.05, 0.1) is 45.5 Å². The third kappa shape index (κ3) is 25.7. The summed E-state index contributed by atoms with van der Waals surface area (Å²) in [5.74, 6) is -9.28. The summed E-state index contributed by atoms with van der Waals surface area (Å²) >= 11 is 0. The van der Waals surface area contributed by atoms with Gasteiger partial charge in [0.25, 0.3) is 0 Å². The van der Waals surface area contributed by atoms with Crippen LogP contribution in [0.2, 0.25) is 0 Å². The van der Waals surface area contributed by atoms with Crippen molar-refractivity contribution >= 4 is 70.9 Å². The van der Waals surface area contributed by atoms with E-state index in [1.165, 1.54) is 83.5 Å². The van der Waals surface area contributed by atoms with E-state index in [9.17, 15) is 29.1 Å². The van der Waals surface area contributed by atoms with Crippen molar-refractivity contribution in [2.45, 2.75) is 259 Å². The lowest BCUT2D eigenvalue weighted by Gasteiger charge is -2.39. The number of aliphatic hydroxyl groups is 1. The van der Waals surface area contributed by atoms with Gasteiger partial charge in [-0.3, -0.25) is 62.4 Å². The number of aliphatic hydroxyl groups excluding tert-OH is 1. The number of likely N-dealkylation sites (tertiary alicyclic amines) is 1. The highest BCUT2D eigenvalue weighted by Gasteiger charge is 2.45. The van der Waals surface area contributed by atoms with Gasteiger partial charge in [-0.1, -0.05) is 115 Å². The molecule has 5 N–H and O–H groups in total. The van der Waals surface area contributed by atoms with Crippen LogP contribution in [0.5, 0.6) is 0 Å². The van der Waals surface area contributed by atoms with Gasteiger partial charge in [0.2, 0.25) is 70.9 Å². The third-order valence-electron chi connectivity index (χ3n) is 20.8. The first kappa shape index (κ1) is 87.9. The molecule has 102 heavy (non-hydrogen) atoms. The Morgan fingerprint density at radius 2 is 0.980 bits per heavy atom. The number of rotatable bonds is 21. The van der Waals surface area contributed by atoms with E-state index in [0.717, 1.165) is 38.5 Å². The standard InChI is InChI=1S/C74H131N13O15/c1-19-22-31-87-45-62(90)80(14)57(40-47(4)5)67(93)75-53(70(96)86-32-27-24-28-33-86)44-61(89)79(13)55(20-2)65(91)76-54(46-102-39-36-85-34-37-101-38-35-85)69(95)83(17)59(42-49(8)9)71(97)81(15)56(21-3)66(92)77-63(50(10)11)73(99)84(18)60(43-52-29-25-23-26-30-52)72(98)82(16)58(41-48(6)7)68(94)78-64(51(12)88)74(87)100/h47-60,63-64,88H,19-46H2,1-18H3,(H,75,93)(H,76,91)(H,77,92)(H,78,94)/t51-,53+,54?,55+,56+,57+,58+,59+,60+,63+,64+/m1/s1. The second kappa shape index (κ2) is 43.1. The number of carbonyl (C=O) groups excluding carboxylic acids is 12. The fourth-order valence-electron chi connectivity index (χ4n) is 14.2. The number of piperidine rings is 1. The summed E-state index contributed by atoms with van der Waals surface area (Å²) in [6.45, 7) is 24.2. The van der Waals surface area contributed by atoms with Crippen LogP contribution < -0.4 is 21.3 Å². The summed E-state index contributed by atoms with van der Waals surface area (Å²) in [5.41, 5.74) is 0. The van der Waals surface area contributed by atoms with Crippen molar-refractivity contribution < 1.29 is 72.1 Å². The zero-order chi connectivity index (χ0) is 76.4. The molecule has 582 valence electrons. The van der Waals surface area contributed by atoms with Crippen LogP contribution in [-0.2, 0) is 67.0 Å². The molecule has 28 nitrogen and oxygen atoms in total. The van der Waals surface area contributed by atoms with Gasteiger partial charge >= 0.3 is 0 Å². The maximum absolute atomic E-state index is 15.5. The van der Waals surface area contributed by atoms with E-state index in [0.29, 0.717) is 71.6 Å². The molecule has 0 aromatic rings. The van der Waals surface area contributed by atoms with E-state index < -0.39 is 156 Å². The quantitative estimate of drug-likeness (QED) is 0.103. The highest BCUT2D eigenvalue weighted by molar-refractivity contribution is 6.00. The molecule has 3 saturated heterocycles. The van der Waals surface area contributed by atoms with Gasteiger partial charge in [-0.05, 0) is 101 Å². The van der Waals surface area contributed by atoms with E-state index in [1.807, 2.05) is 48.5 Å². The van der Waals surface area contributed by atoms with Gasteiger partial charge in [-0.2, -0.15) is 0 Å². The predicted octanol–water partition coefficient (Wildman–Crippen LogP) is 3.25. The number of likely N-dealkylation sites (N-methyl/N-ethyl adjacent to an activating group) is 6. The van der Waals surface area contributed by atoms with Crippen molar-refractivity contribution in [1.82, 2.24) is 65.4 Å². The first-order valence-corrected chi connectivity index (χ1v) is 38.0. The fourth-order valence-corrected chi connectivity index (χ4v) is 14.2. The summed E-state index contributed by atoms with van der Waals surface area (Å²) in [6, 6.07) is -13.0. The van der Waals surface area contributed by atoms with Crippen LogP contribution in [0, 0.1) is 29.6 Å². The van der Waals surface area contributed by atoms with Crippen molar-refractivity contribution in [2.75, 3.05) is 115 Å². The predicted molar refractivity (Wildman–Crippen MR) is 388 cm³/mol. The van der Waals surface area contributed by atoms with Gasteiger partial charge in [0.1, 0.15) is 60.4 Å². The molecule has 12 amide bonds. The van der Waals surface area contributed by atoms with Crippen molar-refractivity contribution in [2.24, 2.45) is 29.6 Å². The lowest BCUT2D eigenvalue weighted by Crippen LogP contribution is -2.62. The molecule has 11 atom stereocenters. The third-order valence-corrected chi connectivity index (χ3v) is 20.8. The minimum Gasteiger partial charge on any atom is -0.391 e. The number of nitrogens with zero attached hydrogens (tertiary/aromatic N) is 9. The highest BCUT2D eigenvalue weighted by atomic mass is 16.5. The first-order chi connectivity index (χ1) is 48.1. The van der Waals surface area contributed by atoms with Crippen LogP contribution in [0.1, 0.15) is 192 Å². The zero-order valence-corrected chi connectivity index (χ0v) is 65.2. The number of nitrogens with one attached hydrogen (secondary N) is 4. The van der Waals surface area contributed by atoms with Gasteiger partial charge < -0.3 is 75.0 Å². The molecule has 3 heterocycles. The molecular formula is C74H131N13O15. The average Bonchev–Trinajstić information content (AvgIpc) is 0.815. The number of carbonyl (C=O) groups is 12. The molecule has 0 aromatic heterocycles. The maximum Gasteiger partial charge on any atom is 0.248 e. The van der Waals surface area contributed by atoms with Gasteiger partial charge in [0.15, 0.2) is 0 Å². The van der Waals surface area contributed by atoms with Crippen LogP contribution in [-0.4, -0.2) is 301 Å². The van der Waals surface area contributed by atoms with Crippen LogP contribution >= 0.6 is 0 Å². The molecule has 0 aromatic carbocycles. The molecule has 0 spiro atoms. The summed E-state index contributed by atoms with van der Waals surface area (Å²) in [4.78, 5) is 193. The lowest BCUT2D eigenvalue weighted by molar-refractivity contribution is -0.152. The van der Waals surface area contributed by atoms with Crippen LogP contribution in [0.25, 0.3) is 0 Å². The van der Waals surface area contributed by atoms with E-state index in [4.69, 9.17) is 9.47 Å². The normalized spacial score (nSPS) is 27.1. The lowest BCUT2D eigenvalue weighted by atomic mass is 9.84. The smallest absolute Gasteiger partial charge is 0.248 e. The fraction of sp³-hybridized carbons (Fsp3) is 0.838. The minimum absolute atomic E-state index is 0.00650. The summed E-state index contributed by atoms with van der Waals surface area (Å²) < 4.78 is 11.7. The molecule has 4 rings (SSSR count). The topological polar surface area (TPSA) is 321 Å². The largest absolute Gasteiger partial charge is 0.391 e. The Morgan fingerprint density at radius 1 is 0.510 bits per heavy atom. The molecule has 4 fully saturated rings. The van der Waals surface area contributed by atoms with Gasteiger partial charge in [0, 0.05) is 81.6 Å². The summed E-state index contributed by atoms with van der Waals surface area (Å²) in [5, 5.41) is 22.9. The molecule has 4 aliphatic rings. The first-order valence-electron chi connectivity index (χ1n) is 38.0. The van der Waals surface area contributed by atoms with Crippen LogP contribution in [0.3, 0.4) is 0 Å². The molecule has 0 radical (unpaired) electrons. The zero-order valence-electron chi connectivity index (χ0n) is 65.2. The molecule has 1 aliphatic carbocycles. The number of hydrogen-bond acceptors (Lipinski definition) is 16. The van der Waals surface area contributed by atoms with E-state index in [1.54, 1.807) is 32.6 Å². The number of amides is 12. The Bertz CT molecular complexity index is 2750. The number of morpholine rings is 1. The molecule has 1 unspecified atom stereocenters. The molecular weight excluding hydrogens is 1310 g/mol. The number of hydrogen-bond donors (Lipinski definition) is 5. The molecule has 0 bridgehead atoms. The number of unbranched alkanes of at least 4 members (excludes halogenated alkanes) is 1. The molecule has 28 heteroatoms. The Labute approximate surface area is 608 Å². The van der Waals surface area contributed by atoms with E-state index >= 15 is 33.6 Å². The van der Waals surface area contributed by atoms with Gasteiger partial charge in [-0.15, -0.1) is 0 Å². The van der Waals surface area contributed by atoms with Gasteiger partial charge in [-0.25, -0.2) is 0 Å². The molecule has 1 saturated carbocycles. The summed E-state index contributed by atoms with van der Waals surface area (Å²) in [6.07, 6.45) is 6.14. The second-order valence-corrected chi connectivity index (χ2v) is 30.7. The average molecular weight is 1440 g/mol. The van der Waals surface area contributed by atoms with Crippen molar-refractivity contribution in [3.05, 3.63) is 0 Å². The monoisotopic (exact) mass is 1440 g/mol. The SMILES string of the molecule is CCCCN1CC(=O)N(C)[C@@H](CC(C)C)C(=O)N[C@H](C(=O)N2CCCCC2)CC(=O)N(C)[C@@H](CC)C(=O)NC(COCCN2CCOCC2)C(=O)N(C)[C@@H](CC(C)C)C(=O)N(C)[C@@H](CC)C(=O)N[C@@H](C(C)C)C(=O)N(C)[C@@H](CC2CCCCC2)C(=O)N(C)[C@@H](CC(C)C)C(=O)N[C@@H]([C@@H](C)O)C1=O. The Balaban J connectivity index is 1.95. The van der Waals surface area contributed by atoms with E-state index in [2.05, 4.69) is 26.2 Å². The Kier molecular flexibility index (Phi) is 37.1. The van der Waals surface area contributed by atoms with Crippen LogP contribution in [0.4, 0.5) is 0 Å².